The lowest BCUT2D eigenvalue weighted by molar-refractivity contribution is 0.388. The van der Waals surface area contributed by atoms with Crippen molar-refractivity contribution < 1.29 is 4.39 Å². The number of hydrogen-bond donors (Lipinski definition) is 0. The van der Waals surface area contributed by atoms with Gasteiger partial charge in [-0.1, -0.05) is 44.5 Å². The van der Waals surface area contributed by atoms with Crippen molar-refractivity contribution in [2.75, 3.05) is 11.4 Å². The molecule has 0 unspecified atom stereocenters. The molecule has 0 amide bonds. The largest absolute Gasteiger partial charge is 0.355 e. The molecule has 198 valence electrons. The van der Waals surface area contributed by atoms with Crippen LogP contribution < -0.4 is 10.6 Å². The maximum Gasteiger partial charge on any atom is 0.355 e. The Morgan fingerprint density at radius 3 is 2.50 bits per heavy atom. The standard InChI is InChI=1S/C28H29Cl2FN6O/c1-14(2)22-24(17(5)32-27(30)34-22)37-26-19(12-20(29)23(33-26)18-8-6-7-9-21(18)31)25(35-28(37)38)36-13-15(3)10-11-16(36)4/h6-9,12,14-16H,10-11,13H2,1-5H3/t15-,16-/m0/s1. The summed E-state index contributed by atoms with van der Waals surface area (Å²) >= 11 is 13.0. The first-order chi connectivity index (χ1) is 18.1. The molecule has 1 aromatic carbocycles. The van der Waals surface area contributed by atoms with Crippen LogP contribution in [-0.2, 0) is 0 Å². The first-order valence-corrected chi connectivity index (χ1v) is 13.5. The Bertz CT molecular complexity index is 1610. The van der Waals surface area contributed by atoms with E-state index in [4.69, 9.17) is 28.2 Å². The number of aromatic nitrogens is 5. The Kier molecular flexibility index (Phi) is 7.13. The van der Waals surface area contributed by atoms with Gasteiger partial charge < -0.3 is 4.90 Å². The number of aryl methyl sites for hydroxylation is 1. The normalized spacial score (nSPS) is 18.0. The Balaban J connectivity index is 1.91. The van der Waals surface area contributed by atoms with E-state index in [1.807, 2.05) is 13.8 Å². The number of hydrogen-bond acceptors (Lipinski definition) is 6. The average molecular weight is 555 g/mol. The molecule has 1 saturated heterocycles. The number of nitrogens with zero attached hydrogens (tertiary/aromatic N) is 6. The number of pyridine rings is 1. The van der Waals surface area contributed by atoms with Gasteiger partial charge in [0.05, 0.1) is 33.2 Å². The van der Waals surface area contributed by atoms with E-state index < -0.39 is 11.5 Å². The van der Waals surface area contributed by atoms with Crippen LogP contribution in [-0.4, -0.2) is 37.1 Å². The molecule has 5 rings (SSSR count). The minimum atomic E-state index is -0.525. The number of anilines is 1. The second-order valence-corrected chi connectivity index (χ2v) is 11.1. The summed E-state index contributed by atoms with van der Waals surface area (Å²) in [6.07, 6.45) is 2.08. The minimum absolute atomic E-state index is 0.0767. The fourth-order valence-electron chi connectivity index (χ4n) is 5.18. The molecule has 10 heteroatoms. The minimum Gasteiger partial charge on any atom is -0.353 e. The predicted octanol–water partition coefficient (Wildman–Crippen LogP) is 6.74. The maximum absolute atomic E-state index is 14.9. The first-order valence-electron chi connectivity index (χ1n) is 12.8. The van der Waals surface area contributed by atoms with Crippen LogP contribution in [0.5, 0.6) is 0 Å². The summed E-state index contributed by atoms with van der Waals surface area (Å²) in [5, 5.41) is 0.956. The van der Waals surface area contributed by atoms with Gasteiger partial charge in [0.1, 0.15) is 11.6 Å². The second-order valence-electron chi connectivity index (χ2n) is 10.4. The van der Waals surface area contributed by atoms with Crippen molar-refractivity contribution in [2.24, 2.45) is 5.92 Å². The van der Waals surface area contributed by atoms with Crippen molar-refractivity contribution >= 4 is 40.1 Å². The predicted molar refractivity (Wildman–Crippen MR) is 150 cm³/mol. The zero-order chi connectivity index (χ0) is 27.3. The van der Waals surface area contributed by atoms with E-state index in [2.05, 4.69) is 33.7 Å². The molecule has 2 atom stereocenters. The molecule has 7 nitrogen and oxygen atoms in total. The van der Waals surface area contributed by atoms with Crippen molar-refractivity contribution in [3.63, 3.8) is 0 Å². The van der Waals surface area contributed by atoms with Crippen LogP contribution in [0, 0.1) is 18.7 Å². The monoisotopic (exact) mass is 554 g/mol. The summed E-state index contributed by atoms with van der Waals surface area (Å²) < 4.78 is 16.3. The summed E-state index contributed by atoms with van der Waals surface area (Å²) in [5.74, 6) is 0.420. The van der Waals surface area contributed by atoms with Crippen LogP contribution in [0.1, 0.15) is 57.8 Å². The van der Waals surface area contributed by atoms with E-state index in [0.717, 1.165) is 19.4 Å². The van der Waals surface area contributed by atoms with Crippen LogP contribution in [0.2, 0.25) is 10.3 Å². The molecular weight excluding hydrogens is 526 g/mol. The van der Waals surface area contributed by atoms with Crippen LogP contribution >= 0.6 is 23.2 Å². The maximum atomic E-state index is 14.9. The zero-order valence-electron chi connectivity index (χ0n) is 22.0. The SMILES string of the molecule is Cc1nc(Cl)nc(C(C)C)c1-n1c(=O)nc(N2C[C@@H](C)CC[C@@H]2C)c2cc(Cl)c(-c3ccccc3F)nc21. The highest BCUT2D eigenvalue weighted by Gasteiger charge is 2.29. The highest BCUT2D eigenvalue weighted by Crippen LogP contribution is 2.37. The van der Waals surface area contributed by atoms with Gasteiger partial charge in [-0.2, -0.15) is 4.98 Å². The molecule has 0 radical (unpaired) electrons. The third kappa shape index (κ3) is 4.64. The molecule has 1 aliphatic heterocycles. The quantitative estimate of drug-likeness (QED) is 0.260. The Hall–Kier alpha value is -3.10. The van der Waals surface area contributed by atoms with Crippen LogP contribution in [0.25, 0.3) is 28.0 Å². The summed E-state index contributed by atoms with van der Waals surface area (Å²) in [5.41, 5.74) is 1.83. The summed E-state index contributed by atoms with van der Waals surface area (Å²) in [6.45, 7) is 10.8. The topological polar surface area (TPSA) is 76.8 Å². The van der Waals surface area contributed by atoms with Gasteiger partial charge in [-0.25, -0.2) is 28.7 Å². The second kappa shape index (κ2) is 10.2. The van der Waals surface area contributed by atoms with Crippen LogP contribution in [0.3, 0.4) is 0 Å². The lowest BCUT2D eigenvalue weighted by Gasteiger charge is -2.38. The Morgan fingerprint density at radius 2 is 1.79 bits per heavy atom. The molecule has 4 aromatic rings. The zero-order valence-corrected chi connectivity index (χ0v) is 23.5. The van der Waals surface area contributed by atoms with Crippen LogP contribution in [0.4, 0.5) is 10.2 Å². The van der Waals surface area contributed by atoms with Gasteiger partial charge in [-0.05, 0) is 68.3 Å². The molecule has 0 bridgehead atoms. The summed E-state index contributed by atoms with van der Waals surface area (Å²) in [6, 6.07) is 8.20. The number of fused-ring (bicyclic) bond motifs is 1. The van der Waals surface area contributed by atoms with Crippen molar-refractivity contribution in [1.29, 1.82) is 0 Å². The van der Waals surface area contributed by atoms with Crippen LogP contribution in [0.15, 0.2) is 35.1 Å². The van der Waals surface area contributed by atoms with E-state index in [9.17, 15) is 9.18 Å². The summed E-state index contributed by atoms with van der Waals surface area (Å²) in [7, 11) is 0. The van der Waals surface area contributed by atoms with Gasteiger partial charge in [0, 0.05) is 18.2 Å². The number of rotatable bonds is 4. The Morgan fingerprint density at radius 1 is 1.05 bits per heavy atom. The van der Waals surface area contributed by atoms with Gasteiger partial charge in [0.15, 0.2) is 5.65 Å². The van der Waals surface area contributed by atoms with E-state index in [-0.39, 0.29) is 33.5 Å². The van der Waals surface area contributed by atoms with Gasteiger partial charge in [0.2, 0.25) is 5.28 Å². The molecule has 38 heavy (non-hydrogen) atoms. The highest BCUT2D eigenvalue weighted by atomic mass is 35.5. The number of halogens is 3. The van der Waals surface area contributed by atoms with Gasteiger partial charge in [-0.3, -0.25) is 0 Å². The van der Waals surface area contributed by atoms with Crippen molar-refractivity contribution in [1.82, 2.24) is 24.5 Å². The van der Waals surface area contributed by atoms with Crippen molar-refractivity contribution in [2.45, 2.75) is 59.4 Å². The van der Waals surface area contributed by atoms with Crippen molar-refractivity contribution in [3.05, 3.63) is 68.3 Å². The van der Waals surface area contributed by atoms with E-state index in [0.29, 0.717) is 39.8 Å². The lowest BCUT2D eigenvalue weighted by atomic mass is 9.95. The molecule has 1 fully saturated rings. The summed E-state index contributed by atoms with van der Waals surface area (Å²) in [4.78, 5) is 34.2. The first kappa shape index (κ1) is 26.5. The lowest BCUT2D eigenvalue weighted by Crippen LogP contribution is -2.43. The number of benzene rings is 1. The van der Waals surface area contributed by atoms with E-state index in [1.54, 1.807) is 31.2 Å². The fraction of sp³-hybridized carbons (Fsp3) is 0.393. The molecule has 0 spiro atoms. The smallest absolute Gasteiger partial charge is 0.353 e. The molecule has 0 aliphatic carbocycles. The number of piperidine rings is 1. The molecule has 3 aromatic heterocycles. The molecule has 0 N–H and O–H groups in total. The third-order valence-electron chi connectivity index (χ3n) is 7.15. The Labute approximate surface area is 230 Å². The van der Waals surface area contributed by atoms with E-state index >= 15 is 0 Å². The van der Waals surface area contributed by atoms with Crippen molar-refractivity contribution in [3.8, 4) is 16.9 Å². The highest BCUT2D eigenvalue weighted by molar-refractivity contribution is 6.34. The molecule has 0 saturated carbocycles. The fourth-order valence-corrected chi connectivity index (χ4v) is 5.66. The molecule has 4 heterocycles. The van der Waals surface area contributed by atoms with E-state index in [1.165, 1.54) is 10.6 Å². The van der Waals surface area contributed by atoms with Gasteiger partial charge in [0.25, 0.3) is 0 Å². The molecular formula is C28H29Cl2FN6O. The van der Waals surface area contributed by atoms with Gasteiger partial charge in [-0.15, -0.1) is 0 Å². The average Bonchev–Trinajstić information content (AvgIpc) is 2.86. The third-order valence-corrected chi connectivity index (χ3v) is 7.61. The van der Waals surface area contributed by atoms with Gasteiger partial charge >= 0.3 is 5.69 Å². The molecule has 1 aliphatic rings.